The van der Waals surface area contributed by atoms with Crippen LogP contribution < -0.4 is 15.6 Å². The van der Waals surface area contributed by atoms with E-state index in [1.54, 1.807) is 4.90 Å². The van der Waals surface area contributed by atoms with E-state index < -0.39 is 28.6 Å². The summed E-state index contributed by atoms with van der Waals surface area (Å²) in [5, 5.41) is 12.5. The number of pyridine rings is 1. The highest BCUT2D eigenvalue weighted by Gasteiger charge is 2.38. The second kappa shape index (κ2) is 7.25. The van der Waals surface area contributed by atoms with Gasteiger partial charge in [-0.15, -0.1) is 12.4 Å². The zero-order valence-electron chi connectivity index (χ0n) is 15.7. The van der Waals surface area contributed by atoms with Crippen LogP contribution in [0.5, 0.6) is 0 Å². The quantitative estimate of drug-likeness (QED) is 0.791. The Balaban J connectivity index is 0.00000205. The maximum Gasteiger partial charge on any atom is 0.341 e. The molecule has 6 nitrogen and oxygen atoms in total. The molecule has 1 aliphatic carbocycles. The Morgan fingerprint density at radius 1 is 1.21 bits per heavy atom. The number of aromatic nitrogens is 1. The predicted octanol–water partition coefficient (Wildman–Crippen LogP) is 2.92. The van der Waals surface area contributed by atoms with Crippen LogP contribution in [0.15, 0.2) is 17.1 Å². The summed E-state index contributed by atoms with van der Waals surface area (Å²) in [6.45, 7) is 2.00. The molecule has 1 aromatic carbocycles. The number of aromatic carboxylic acids is 1. The van der Waals surface area contributed by atoms with Crippen LogP contribution in [-0.4, -0.2) is 41.3 Å². The standard InChI is InChI=1S/C20H21F2N3O3.ClH/c21-14-6-12-17(25(11-3-4-11)8-13(19(12)26)20(27)28)16(22)18(14)24-7-10-2-1-5-23-15(10)9-24;/h6,8,10-11,15,23H,1-5,7,9H2,(H,27,28);1H/t10-,15+;/m1./s1. The molecule has 156 valence electrons. The fraction of sp³-hybridized carbons (Fsp3) is 0.500. The zero-order valence-corrected chi connectivity index (χ0v) is 16.5. The van der Waals surface area contributed by atoms with Crippen molar-refractivity contribution in [3.05, 3.63) is 39.7 Å². The van der Waals surface area contributed by atoms with Crippen molar-refractivity contribution >= 4 is 35.0 Å². The van der Waals surface area contributed by atoms with Crippen molar-refractivity contribution in [2.75, 3.05) is 24.5 Å². The summed E-state index contributed by atoms with van der Waals surface area (Å²) in [5.74, 6) is -2.62. The lowest BCUT2D eigenvalue weighted by Crippen LogP contribution is -2.40. The van der Waals surface area contributed by atoms with Gasteiger partial charge in [-0.3, -0.25) is 4.79 Å². The van der Waals surface area contributed by atoms with Crippen molar-refractivity contribution in [2.24, 2.45) is 5.92 Å². The van der Waals surface area contributed by atoms with Gasteiger partial charge in [0.15, 0.2) is 5.82 Å². The van der Waals surface area contributed by atoms with Crippen molar-refractivity contribution in [3.63, 3.8) is 0 Å². The third-order valence-electron chi connectivity index (χ3n) is 6.27. The fourth-order valence-corrected chi connectivity index (χ4v) is 4.74. The van der Waals surface area contributed by atoms with Crippen LogP contribution in [0.2, 0.25) is 0 Å². The van der Waals surface area contributed by atoms with Crippen LogP contribution in [0.4, 0.5) is 14.5 Å². The summed E-state index contributed by atoms with van der Waals surface area (Å²) in [7, 11) is 0. The molecule has 0 radical (unpaired) electrons. The molecule has 29 heavy (non-hydrogen) atoms. The average molecular weight is 426 g/mol. The highest BCUT2D eigenvalue weighted by molar-refractivity contribution is 5.94. The van der Waals surface area contributed by atoms with Gasteiger partial charge >= 0.3 is 5.97 Å². The molecule has 2 aliphatic heterocycles. The zero-order chi connectivity index (χ0) is 19.6. The van der Waals surface area contributed by atoms with Crippen LogP contribution >= 0.6 is 12.4 Å². The lowest BCUT2D eigenvalue weighted by Gasteiger charge is -2.24. The van der Waals surface area contributed by atoms with Crippen molar-refractivity contribution < 1.29 is 18.7 Å². The van der Waals surface area contributed by atoms with Crippen LogP contribution in [0, 0.1) is 17.6 Å². The van der Waals surface area contributed by atoms with Crippen LogP contribution in [0.25, 0.3) is 10.9 Å². The molecular formula is C20H22ClF2N3O3. The fourth-order valence-electron chi connectivity index (χ4n) is 4.74. The predicted molar refractivity (Wildman–Crippen MR) is 107 cm³/mol. The lowest BCUT2D eigenvalue weighted by atomic mass is 9.94. The largest absolute Gasteiger partial charge is 0.477 e. The van der Waals surface area contributed by atoms with Crippen molar-refractivity contribution in [1.29, 1.82) is 0 Å². The molecule has 9 heteroatoms. The second-order valence-electron chi connectivity index (χ2n) is 8.10. The van der Waals surface area contributed by atoms with Gasteiger partial charge in [0.05, 0.1) is 10.9 Å². The number of carbonyl (C=O) groups is 1. The average Bonchev–Trinajstić information content (AvgIpc) is 3.41. The monoisotopic (exact) mass is 425 g/mol. The van der Waals surface area contributed by atoms with Gasteiger partial charge in [0.1, 0.15) is 17.1 Å². The number of carboxylic acids is 1. The SMILES string of the molecule is Cl.O=C(O)c1cn(C2CC2)c2c(F)c(N3C[C@H]4CCCN[C@H]4C3)c(F)cc2c1=O. The van der Waals surface area contributed by atoms with E-state index in [1.165, 1.54) is 10.8 Å². The summed E-state index contributed by atoms with van der Waals surface area (Å²) in [5.41, 5.74) is -1.40. The van der Waals surface area contributed by atoms with E-state index in [0.29, 0.717) is 19.0 Å². The molecule has 2 N–H and O–H groups in total. The smallest absolute Gasteiger partial charge is 0.341 e. The highest BCUT2D eigenvalue weighted by Crippen LogP contribution is 2.40. The number of hydrogen-bond donors (Lipinski definition) is 2. The Kier molecular flexibility index (Phi) is 5.02. The second-order valence-corrected chi connectivity index (χ2v) is 8.10. The van der Waals surface area contributed by atoms with Gasteiger partial charge in [-0.1, -0.05) is 0 Å². The maximum atomic E-state index is 15.6. The molecule has 5 rings (SSSR count). The summed E-state index contributed by atoms with van der Waals surface area (Å²) >= 11 is 0. The van der Waals surface area contributed by atoms with Gasteiger partial charge in [0.2, 0.25) is 5.43 Å². The van der Waals surface area contributed by atoms with Gasteiger partial charge in [-0.2, -0.15) is 0 Å². The highest BCUT2D eigenvalue weighted by atomic mass is 35.5. The molecule has 3 aliphatic rings. The van der Waals surface area contributed by atoms with E-state index in [-0.39, 0.29) is 41.1 Å². The normalized spacial score (nSPS) is 23.7. The molecule has 0 bridgehead atoms. The molecule has 2 atom stereocenters. The molecule has 2 saturated heterocycles. The van der Waals surface area contributed by atoms with Crippen molar-refractivity contribution in [1.82, 2.24) is 9.88 Å². The Bertz CT molecular complexity index is 1040. The van der Waals surface area contributed by atoms with Gasteiger partial charge in [-0.05, 0) is 44.2 Å². The number of fused-ring (bicyclic) bond motifs is 2. The topological polar surface area (TPSA) is 74.6 Å². The third-order valence-corrected chi connectivity index (χ3v) is 6.27. The van der Waals surface area contributed by atoms with E-state index in [1.807, 2.05) is 0 Å². The van der Waals surface area contributed by atoms with Gasteiger partial charge in [0, 0.05) is 31.4 Å². The Labute approximate surface area is 171 Å². The van der Waals surface area contributed by atoms with E-state index in [4.69, 9.17) is 0 Å². The molecule has 0 spiro atoms. The number of benzene rings is 1. The first-order chi connectivity index (χ1) is 13.5. The van der Waals surface area contributed by atoms with Crippen molar-refractivity contribution in [2.45, 2.75) is 37.8 Å². The number of halogens is 3. The van der Waals surface area contributed by atoms with Gasteiger partial charge < -0.3 is 19.9 Å². The summed E-state index contributed by atoms with van der Waals surface area (Å²) in [6, 6.07) is 1.16. The summed E-state index contributed by atoms with van der Waals surface area (Å²) in [4.78, 5) is 25.7. The minimum absolute atomic E-state index is 0. The molecule has 3 fully saturated rings. The minimum atomic E-state index is -1.39. The molecule has 0 amide bonds. The number of hydrogen-bond acceptors (Lipinski definition) is 4. The first kappa shape index (κ1) is 20.1. The third kappa shape index (κ3) is 3.18. The van der Waals surface area contributed by atoms with Gasteiger partial charge in [0.25, 0.3) is 0 Å². The number of carboxylic acid groups (broad SMARTS) is 1. The van der Waals surface area contributed by atoms with E-state index in [0.717, 1.165) is 38.3 Å². The number of rotatable bonds is 3. The number of nitrogens with one attached hydrogen (secondary N) is 1. The Hall–Kier alpha value is -2.19. The Morgan fingerprint density at radius 2 is 1.97 bits per heavy atom. The number of nitrogens with zero attached hydrogens (tertiary/aromatic N) is 2. The first-order valence-electron chi connectivity index (χ1n) is 9.74. The summed E-state index contributed by atoms with van der Waals surface area (Å²) in [6.07, 6.45) is 4.85. The van der Waals surface area contributed by atoms with Crippen LogP contribution in [0.1, 0.15) is 42.1 Å². The molecule has 1 saturated carbocycles. The molecule has 0 unspecified atom stereocenters. The first-order valence-corrected chi connectivity index (χ1v) is 9.74. The molecule has 2 aromatic rings. The summed E-state index contributed by atoms with van der Waals surface area (Å²) < 4.78 is 32.1. The lowest BCUT2D eigenvalue weighted by molar-refractivity contribution is 0.0695. The molecule has 3 heterocycles. The van der Waals surface area contributed by atoms with Crippen LogP contribution in [0.3, 0.4) is 0 Å². The van der Waals surface area contributed by atoms with Gasteiger partial charge in [-0.25, -0.2) is 13.6 Å². The van der Waals surface area contributed by atoms with Crippen molar-refractivity contribution in [3.8, 4) is 0 Å². The van der Waals surface area contributed by atoms with E-state index in [2.05, 4.69) is 5.32 Å². The Morgan fingerprint density at radius 3 is 2.62 bits per heavy atom. The van der Waals surface area contributed by atoms with E-state index >= 15 is 4.39 Å². The molecule has 1 aromatic heterocycles. The number of piperidine rings is 1. The van der Waals surface area contributed by atoms with E-state index in [9.17, 15) is 19.1 Å². The maximum absolute atomic E-state index is 15.6. The van der Waals surface area contributed by atoms with Crippen LogP contribution in [-0.2, 0) is 0 Å². The molecular weight excluding hydrogens is 404 g/mol. The number of anilines is 1. The minimum Gasteiger partial charge on any atom is -0.477 e.